The molecule has 3 aromatic rings. The number of benzene rings is 1. The summed E-state index contributed by atoms with van der Waals surface area (Å²) in [7, 11) is 0. The fourth-order valence-electron chi connectivity index (χ4n) is 3.81. The van der Waals surface area contributed by atoms with Gasteiger partial charge in [0.1, 0.15) is 11.6 Å². The third-order valence-electron chi connectivity index (χ3n) is 4.97. The lowest BCUT2D eigenvalue weighted by Crippen LogP contribution is -2.24. The summed E-state index contributed by atoms with van der Waals surface area (Å²) in [6.07, 6.45) is 6.75. The van der Waals surface area contributed by atoms with Gasteiger partial charge in [0.25, 0.3) is 0 Å². The number of aromatic amines is 1. The van der Waals surface area contributed by atoms with Gasteiger partial charge >= 0.3 is 0 Å². The molecule has 1 aliphatic rings. The zero-order valence-corrected chi connectivity index (χ0v) is 15.0. The Morgan fingerprint density at radius 2 is 2.04 bits per heavy atom. The Morgan fingerprint density at radius 1 is 1.19 bits per heavy atom. The molecule has 26 heavy (non-hydrogen) atoms. The molecule has 1 aromatic carbocycles. The largest absolute Gasteiger partial charge is 0.348 e. The van der Waals surface area contributed by atoms with Crippen molar-refractivity contribution in [2.24, 2.45) is 0 Å². The summed E-state index contributed by atoms with van der Waals surface area (Å²) in [5, 5.41) is 0. The van der Waals surface area contributed by atoms with Gasteiger partial charge in [-0.05, 0) is 68.1 Å². The molecular formula is C21H23FN4. The smallest absolute Gasteiger partial charge is 0.123 e. The summed E-state index contributed by atoms with van der Waals surface area (Å²) < 4.78 is 13.1. The Labute approximate surface area is 153 Å². The van der Waals surface area contributed by atoms with Gasteiger partial charge in [-0.25, -0.2) is 9.37 Å². The Kier molecular flexibility index (Phi) is 4.80. The topological polar surface area (TPSA) is 44.8 Å². The molecule has 4 rings (SSSR count). The highest BCUT2D eigenvalue weighted by Gasteiger charge is 2.28. The summed E-state index contributed by atoms with van der Waals surface area (Å²) in [4.78, 5) is 14.8. The zero-order valence-electron chi connectivity index (χ0n) is 15.0. The number of imidazole rings is 1. The molecule has 3 heterocycles. The maximum atomic E-state index is 13.1. The molecule has 0 saturated carbocycles. The van der Waals surface area contributed by atoms with Crippen LogP contribution in [0.15, 0.2) is 48.8 Å². The number of hydrogen-bond acceptors (Lipinski definition) is 3. The second-order valence-electron chi connectivity index (χ2n) is 7.01. The molecule has 1 fully saturated rings. The summed E-state index contributed by atoms with van der Waals surface area (Å²) in [6, 6.07) is 11.4. The highest BCUT2D eigenvalue weighted by molar-refractivity contribution is 5.30. The highest BCUT2D eigenvalue weighted by atomic mass is 19.1. The number of halogens is 1. The molecule has 1 saturated heterocycles. The van der Waals surface area contributed by atoms with E-state index in [2.05, 4.69) is 27.0 Å². The maximum absolute atomic E-state index is 13.1. The number of H-pyrrole nitrogens is 1. The normalized spacial score (nSPS) is 17.7. The number of aromatic nitrogens is 3. The number of nitrogens with zero attached hydrogens (tertiary/aromatic N) is 3. The first-order chi connectivity index (χ1) is 12.7. The van der Waals surface area contributed by atoms with Gasteiger partial charge in [-0.15, -0.1) is 0 Å². The lowest BCUT2D eigenvalue weighted by Gasteiger charge is -2.24. The van der Waals surface area contributed by atoms with Crippen LogP contribution in [0, 0.1) is 12.7 Å². The number of likely N-dealkylation sites (tertiary alicyclic amines) is 1. The molecule has 134 valence electrons. The highest BCUT2D eigenvalue weighted by Crippen LogP contribution is 2.32. The van der Waals surface area contributed by atoms with Gasteiger partial charge in [-0.2, -0.15) is 0 Å². The van der Waals surface area contributed by atoms with Crippen LogP contribution >= 0.6 is 0 Å². The van der Waals surface area contributed by atoms with Crippen molar-refractivity contribution < 1.29 is 4.39 Å². The molecule has 0 spiro atoms. The average Bonchev–Trinajstić information content (AvgIpc) is 3.29. The Balaban J connectivity index is 1.55. The molecule has 1 aliphatic heterocycles. The molecule has 1 atom stereocenters. The van der Waals surface area contributed by atoms with Gasteiger partial charge in [0.05, 0.1) is 18.3 Å². The van der Waals surface area contributed by atoms with Gasteiger partial charge < -0.3 is 4.98 Å². The van der Waals surface area contributed by atoms with Crippen LogP contribution in [0.1, 0.15) is 47.2 Å². The molecule has 1 unspecified atom stereocenters. The van der Waals surface area contributed by atoms with Gasteiger partial charge in [0.2, 0.25) is 0 Å². The van der Waals surface area contributed by atoms with Crippen LogP contribution < -0.4 is 0 Å². The first-order valence-corrected chi connectivity index (χ1v) is 9.11. The fraction of sp³-hybridized carbons (Fsp3) is 0.333. The van der Waals surface area contributed by atoms with Crippen molar-refractivity contribution in [3.05, 3.63) is 82.9 Å². The minimum absolute atomic E-state index is 0.195. The van der Waals surface area contributed by atoms with Crippen molar-refractivity contribution in [2.45, 2.75) is 38.8 Å². The standard InChI is InChI=1S/C21H23FN4/c1-15-11-17(12-16-4-6-18(22)7-5-16)13-19(25-15)20-3-2-10-26(20)14-21-23-8-9-24-21/h4-9,11,13,20H,2-3,10,12,14H2,1H3,(H,23,24). The lowest BCUT2D eigenvalue weighted by atomic mass is 10.0. The summed E-state index contributed by atoms with van der Waals surface area (Å²) in [6.45, 7) is 3.93. The van der Waals surface area contributed by atoms with E-state index in [0.29, 0.717) is 6.04 Å². The lowest BCUT2D eigenvalue weighted by molar-refractivity contribution is 0.239. The second kappa shape index (κ2) is 7.38. The molecule has 0 radical (unpaired) electrons. The summed E-state index contributed by atoms with van der Waals surface area (Å²) in [5.41, 5.74) is 4.50. The molecular weight excluding hydrogens is 327 g/mol. The second-order valence-corrected chi connectivity index (χ2v) is 7.01. The van der Waals surface area contributed by atoms with E-state index in [-0.39, 0.29) is 5.82 Å². The number of rotatable bonds is 5. The van der Waals surface area contributed by atoms with Crippen LogP contribution in [0.3, 0.4) is 0 Å². The van der Waals surface area contributed by atoms with E-state index < -0.39 is 0 Å². The Bertz CT molecular complexity index is 858. The first kappa shape index (κ1) is 16.9. The van der Waals surface area contributed by atoms with Gasteiger partial charge in [-0.1, -0.05) is 12.1 Å². The summed E-state index contributed by atoms with van der Waals surface area (Å²) >= 11 is 0. The predicted molar refractivity (Wildman–Crippen MR) is 99.2 cm³/mol. The molecule has 0 bridgehead atoms. The molecule has 4 nitrogen and oxygen atoms in total. The van der Waals surface area contributed by atoms with Crippen LogP contribution in [0.5, 0.6) is 0 Å². The Morgan fingerprint density at radius 3 is 2.81 bits per heavy atom. The van der Waals surface area contributed by atoms with E-state index in [1.807, 2.05) is 25.3 Å². The molecule has 2 aromatic heterocycles. The fourth-order valence-corrected chi connectivity index (χ4v) is 3.81. The van der Waals surface area contributed by atoms with Gasteiger partial charge in [0.15, 0.2) is 0 Å². The van der Waals surface area contributed by atoms with E-state index >= 15 is 0 Å². The van der Waals surface area contributed by atoms with Crippen molar-refractivity contribution in [1.82, 2.24) is 19.9 Å². The number of pyridine rings is 1. The third kappa shape index (κ3) is 3.83. The van der Waals surface area contributed by atoms with Crippen LogP contribution in [-0.2, 0) is 13.0 Å². The van der Waals surface area contributed by atoms with Crippen molar-refractivity contribution in [1.29, 1.82) is 0 Å². The van der Waals surface area contributed by atoms with E-state index in [9.17, 15) is 4.39 Å². The quantitative estimate of drug-likeness (QED) is 0.751. The molecule has 5 heteroatoms. The van der Waals surface area contributed by atoms with Crippen molar-refractivity contribution >= 4 is 0 Å². The van der Waals surface area contributed by atoms with E-state index in [0.717, 1.165) is 48.7 Å². The monoisotopic (exact) mass is 350 g/mol. The predicted octanol–water partition coefficient (Wildman–Crippen LogP) is 4.18. The average molecular weight is 350 g/mol. The van der Waals surface area contributed by atoms with Gasteiger partial charge in [-0.3, -0.25) is 9.88 Å². The molecule has 0 aliphatic carbocycles. The first-order valence-electron chi connectivity index (χ1n) is 9.11. The minimum Gasteiger partial charge on any atom is -0.348 e. The Hall–Kier alpha value is -2.53. The number of hydrogen-bond donors (Lipinski definition) is 1. The maximum Gasteiger partial charge on any atom is 0.123 e. The van der Waals surface area contributed by atoms with Crippen LogP contribution in [-0.4, -0.2) is 26.4 Å². The van der Waals surface area contributed by atoms with Gasteiger partial charge in [0, 0.05) is 18.1 Å². The van der Waals surface area contributed by atoms with E-state index in [4.69, 9.17) is 4.98 Å². The number of nitrogens with one attached hydrogen (secondary N) is 1. The van der Waals surface area contributed by atoms with E-state index in [1.54, 1.807) is 6.20 Å². The molecule has 0 amide bonds. The van der Waals surface area contributed by atoms with Crippen LogP contribution in [0.25, 0.3) is 0 Å². The van der Waals surface area contributed by atoms with E-state index in [1.165, 1.54) is 24.1 Å². The van der Waals surface area contributed by atoms with Crippen molar-refractivity contribution in [2.75, 3.05) is 6.54 Å². The van der Waals surface area contributed by atoms with Crippen molar-refractivity contribution in [3.8, 4) is 0 Å². The summed E-state index contributed by atoms with van der Waals surface area (Å²) in [5.74, 6) is 0.802. The number of aryl methyl sites for hydroxylation is 1. The SMILES string of the molecule is Cc1cc(Cc2ccc(F)cc2)cc(C2CCCN2Cc2ncc[nH]2)n1. The minimum atomic E-state index is -0.195. The van der Waals surface area contributed by atoms with Crippen LogP contribution in [0.4, 0.5) is 4.39 Å². The molecule has 1 N–H and O–H groups in total. The third-order valence-corrected chi connectivity index (χ3v) is 4.97. The van der Waals surface area contributed by atoms with Crippen molar-refractivity contribution in [3.63, 3.8) is 0 Å². The zero-order chi connectivity index (χ0) is 17.9. The van der Waals surface area contributed by atoms with Crippen LogP contribution in [0.2, 0.25) is 0 Å².